The lowest BCUT2D eigenvalue weighted by Crippen LogP contribution is -2.36. The number of rotatable bonds is 4. The normalized spacial score (nSPS) is 26.8. The van der Waals surface area contributed by atoms with E-state index in [0.29, 0.717) is 0 Å². The smallest absolute Gasteiger partial charge is 0.170 e. The summed E-state index contributed by atoms with van der Waals surface area (Å²) in [6.07, 6.45) is 4.24. The number of pyridine rings is 1. The first kappa shape index (κ1) is 15.6. The Morgan fingerprint density at radius 2 is 2.25 bits per heavy atom. The molecule has 0 spiro atoms. The van der Waals surface area contributed by atoms with E-state index in [9.17, 15) is 0 Å². The maximum Gasteiger partial charge on any atom is 0.170 e. The summed E-state index contributed by atoms with van der Waals surface area (Å²) in [6, 6.07) is 9.95. The van der Waals surface area contributed by atoms with Crippen molar-refractivity contribution in [2.24, 2.45) is 0 Å². The van der Waals surface area contributed by atoms with Gasteiger partial charge in [0.15, 0.2) is 5.11 Å². The number of furan rings is 1. The van der Waals surface area contributed by atoms with Gasteiger partial charge in [-0.05, 0) is 56.2 Å². The molecule has 3 atom stereocenters. The molecule has 0 aliphatic carbocycles. The molecule has 2 fully saturated rings. The third-order valence-corrected chi connectivity index (χ3v) is 5.03. The highest BCUT2D eigenvalue weighted by atomic mass is 32.1. The minimum absolute atomic E-state index is 0.00898. The Kier molecular flexibility index (Phi) is 4.24. The summed E-state index contributed by atoms with van der Waals surface area (Å²) in [4.78, 5) is 6.72. The van der Waals surface area contributed by atoms with E-state index in [2.05, 4.69) is 15.2 Å². The molecular weight excluding hydrogens is 322 g/mol. The van der Waals surface area contributed by atoms with Crippen LogP contribution in [0.4, 0.5) is 0 Å². The molecule has 0 bridgehead atoms. The van der Waals surface area contributed by atoms with Crippen molar-refractivity contribution in [2.75, 3.05) is 13.2 Å². The van der Waals surface area contributed by atoms with Crippen molar-refractivity contribution in [3.63, 3.8) is 0 Å². The number of thiocarbonyl (C=S) groups is 1. The second-order valence-electron chi connectivity index (χ2n) is 6.36. The van der Waals surface area contributed by atoms with E-state index >= 15 is 0 Å². The molecular formula is C18H21N3O2S. The van der Waals surface area contributed by atoms with Gasteiger partial charge in [-0.15, -0.1) is 0 Å². The van der Waals surface area contributed by atoms with Crippen molar-refractivity contribution in [1.29, 1.82) is 0 Å². The average molecular weight is 343 g/mol. The zero-order chi connectivity index (χ0) is 16.5. The molecule has 0 radical (unpaired) electrons. The van der Waals surface area contributed by atoms with Gasteiger partial charge in [0, 0.05) is 19.3 Å². The van der Waals surface area contributed by atoms with Gasteiger partial charge in [-0.1, -0.05) is 6.07 Å². The monoisotopic (exact) mass is 343 g/mol. The van der Waals surface area contributed by atoms with Crippen molar-refractivity contribution < 1.29 is 9.15 Å². The van der Waals surface area contributed by atoms with E-state index in [1.165, 1.54) is 0 Å². The molecule has 126 valence electrons. The molecule has 0 aromatic carbocycles. The van der Waals surface area contributed by atoms with E-state index < -0.39 is 0 Å². The van der Waals surface area contributed by atoms with E-state index in [1.807, 2.05) is 43.5 Å². The SMILES string of the molecule is Cc1ccc([C@H]2[C@@H](c3ccccn3)NC(=S)N2C[C@@H]2CCCO2)o1. The van der Waals surface area contributed by atoms with Crippen LogP contribution in [-0.4, -0.2) is 34.3 Å². The number of aryl methyl sites for hydroxylation is 1. The molecule has 2 aromatic rings. The van der Waals surface area contributed by atoms with Crippen LogP contribution in [0.25, 0.3) is 0 Å². The first-order valence-electron chi connectivity index (χ1n) is 8.38. The summed E-state index contributed by atoms with van der Waals surface area (Å²) in [6.45, 7) is 3.58. The number of nitrogens with one attached hydrogen (secondary N) is 1. The Labute approximate surface area is 147 Å². The second kappa shape index (κ2) is 6.53. The highest BCUT2D eigenvalue weighted by molar-refractivity contribution is 7.80. The molecule has 5 nitrogen and oxygen atoms in total. The minimum atomic E-state index is -0.0225. The quantitative estimate of drug-likeness (QED) is 0.861. The topological polar surface area (TPSA) is 50.5 Å². The molecule has 2 aliphatic rings. The van der Waals surface area contributed by atoms with Gasteiger partial charge < -0.3 is 19.4 Å². The van der Waals surface area contributed by atoms with Crippen LogP contribution in [0.2, 0.25) is 0 Å². The molecule has 1 N–H and O–H groups in total. The Balaban J connectivity index is 1.67. The minimum Gasteiger partial charge on any atom is -0.464 e. The number of nitrogens with zero attached hydrogens (tertiary/aromatic N) is 2. The van der Waals surface area contributed by atoms with Crippen molar-refractivity contribution >= 4 is 17.3 Å². The molecule has 2 saturated heterocycles. The van der Waals surface area contributed by atoms with Crippen LogP contribution in [0, 0.1) is 6.92 Å². The Morgan fingerprint density at radius 3 is 2.92 bits per heavy atom. The Hall–Kier alpha value is -1.92. The highest BCUT2D eigenvalue weighted by Crippen LogP contribution is 2.39. The van der Waals surface area contributed by atoms with Crippen molar-refractivity contribution in [3.05, 3.63) is 53.7 Å². The zero-order valence-electron chi connectivity index (χ0n) is 13.6. The second-order valence-corrected chi connectivity index (χ2v) is 6.75. The standard InChI is InChI=1S/C18H21N3O2S/c1-12-7-8-15(23-12)17-16(14-6-2-3-9-19-14)20-18(24)21(17)11-13-5-4-10-22-13/h2-3,6-9,13,16-17H,4-5,10-11H2,1H3,(H,20,24)/t13-,16+,17-/m0/s1. The van der Waals surface area contributed by atoms with Crippen LogP contribution in [0.3, 0.4) is 0 Å². The van der Waals surface area contributed by atoms with Gasteiger partial charge in [0.25, 0.3) is 0 Å². The lowest BCUT2D eigenvalue weighted by molar-refractivity contribution is 0.0816. The van der Waals surface area contributed by atoms with Gasteiger partial charge in [-0.3, -0.25) is 4.98 Å². The van der Waals surface area contributed by atoms with Crippen LogP contribution >= 0.6 is 12.2 Å². The third kappa shape index (κ3) is 2.91. The van der Waals surface area contributed by atoms with Crippen molar-refractivity contribution in [3.8, 4) is 0 Å². The Bertz CT molecular complexity index is 712. The Morgan fingerprint density at radius 1 is 1.33 bits per heavy atom. The molecule has 0 amide bonds. The maximum atomic E-state index is 5.95. The summed E-state index contributed by atoms with van der Waals surface area (Å²) < 4.78 is 11.8. The summed E-state index contributed by atoms with van der Waals surface area (Å²) in [5.74, 6) is 1.81. The van der Waals surface area contributed by atoms with Crippen LogP contribution in [-0.2, 0) is 4.74 Å². The van der Waals surface area contributed by atoms with Crippen LogP contribution < -0.4 is 5.32 Å². The first-order valence-corrected chi connectivity index (χ1v) is 8.79. The largest absolute Gasteiger partial charge is 0.464 e. The number of aromatic nitrogens is 1. The van der Waals surface area contributed by atoms with Crippen LogP contribution in [0.5, 0.6) is 0 Å². The summed E-state index contributed by atoms with van der Waals surface area (Å²) in [5.41, 5.74) is 0.966. The van der Waals surface area contributed by atoms with E-state index in [4.69, 9.17) is 21.4 Å². The lowest BCUT2D eigenvalue weighted by atomic mass is 10.0. The summed E-state index contributed by atoms with van der Waals surface area (Å²) >= 11 is 5.63. The van der Waals surface area contributed by atoms with Gasteiger partial charge in [0.05, 0.1) is 17.8 Å². The molecule has 0 unspecified atom stereocenters. The van der Waals surface area contributed by atoms with E-state index in [1.54, 1.807) is 0 Å². The van der Waals surface area contributed by atoms with E-state index in [0.717, 1.165) is 48.3 Å². The fourth-order valence-electron chi connectivity index (χ4n) is 3.53. The molecule has 24 heavy (non-hydrogen) atoms. The third-order valence-electron chi connectivity index (χ3n) is 4.67. The van der Waals surface area contributed by atoms with Gasteiger partial charge in [0.1, 0.15) is 17.6 Å². The predicted molar refractivity (Wildman–Crippen MR) is 94.6 cm³/mol. The molecule has 0 saturated carbocycles. The molecule has 6 heteroatoms. The molecule has 2 aromatic heterocycles. The van der Waals surface area contributed by atoms with E-state index in [-0.39, 0.29) is 18.2 Å². The number of hydrogen-bond donors (Lipinski definition) is 1. The average Bonchev–Trinajstić information content (AvgIpc) is 3.31. The molecule has 4 rings (SSSR count). The lowest BCUT2D eigenvalue weighted by Gasteiger charge is -2.28. The number of hydrogen-bond acceptors (Lipinski definition) is 4. The van der Waals surface area contributed by atoms with Gasteiger partial charge in [-0.2, -0.15) is 0 Å². The maximum absolute atomic E-state index is 5.95. The molecule has 4 heterocycles. The zero-order valence-corrected chi connectivity index (χ0v) is 14.5. The van der Waals surface area contributed by atoms with Crippen molar-refractivity contribution in [1.82, 2.24) is 15.2 Å². The van der Waals surface area contributed by atoms with Gasteiger partial charge in [-0.25, -0.2) is 0 Å². The predicted octanol–water partition coefficient (Wildman–Crippen LogP) is 3.13. The first-order chi connectivity index (χ1) is 11.7. The highest BCUT2D eigenvalue weighted by Gasteiger charge is 2.42. The van der Waals surface area contributed by atoms with Crippen molar-refractivity contribution in [2.45, 2.75) is 38.0 Å². The van der Waals surface area contributed by atoms with Crippen LogP contribution in [0.15, 0.2) is 40.9 Å². The fourth-order valence-corrected chi connectivity index (χ4v) is 3.85. The summed E-state index contributed by atoms with van der Waals surface area (Å²) in [7, 11) is 0. The fraction of sp³-hybridized carbons (Fsp3) is 0.444. The van der Waals surface area contributed by atoms with Crippen LogP contribution in [0.1, 0.15) is 42.1 Å². The van der Waals surface area contributed by atoms with Gasteiger partial charge >= 0.3 is 0 Å². The van der Waals surface area contributed by atoms with Gasteiger partial charge in [0.2, 0.25) is 0 Å². The number of ether oxygens (including phenoxy) is 1. The summed E-state index contributed by atoms with van der Waals surface area (Å²) in [5, 5.41) is 4.17. The molecule has 2 aliphatic heterocycles.